The van der Waals surface area contributed by atoms with E-state index in [-0.39, 0.29) is 26.2 Å². The Kier molecular flexibility index (Phi) is 6.59. The second-order valence-corrected chi connectivity index (χ2v) is 7.26. The van der Waals surface area contributed by atoms with Crippen molar-refractivity contribution in [2.24, 2.45) is 0 Å². The average molecular weight is 463 g/mol. The van der Waals surface area contributed by atoms with Crippen LogP contribution in [0, 0.1) is 26.2 Å². The predicted octanol–water partition coefficient (Wildman–Crippen LogP) is 5.66. The predicted molar refractivity (Wildman–Crippen MR) is 116 cm³/mol. The van der Waals surface area contributed by atoms with Gasteiger partial charge >= 0.3 is 0 Å². The molecule has 1 fully saturated rings. The zero-order valence-electron chi connectivity index (χ0n) is 17.1. The largest absolute Gasteiger partial charge is 0.455 e. The Morgan fingerprint density at radius 3 is 2.07 bits per heavy atom. The van der Waals surface area contributed by atoms with Crippen LogP contribution < -0.4 is 14.5 Å². The molecule has 0 atom stereocenters. The van der Waals surface area contributed by atoms with Crippen LogP contribution in [-0.2, 0) is 26.2 Å². The summed E-state index contributed by atoms with van der Waals surface area (Å²) in [6, 6.07) is 22.1. The first kappa shape index (κ1) is 21.3. The van der Waals surface area contributed by atoms with E-state index in [1.807, 2.05) is 59.5 Å². The van der Waals surface area contributed by atoms with Gasteiger partial charge in [-0.2, -0.15) is 0 Å². The van der Waals surface area contributed by atoms with Crippen molar-refractivity contribution >= 4 is 17.3 Å². The van der Waals surface area contributed by atoms with Gasteiger partial charge in [-0.1, -0.05) is 48.0 Å². The van der Waals surface area contributed by atoms with Crippen LogP contribution in [0.25, 0.3) is 0 Å². The summed E-state index contributed by atoms with van der Waals surface area (Å²) in [5.74, 6) is 2.04. The summed E-state index contributed by atoms with van der Waals surface area (Å²) in [5.41, 5.74) is 5.72. The van der Waals surface area contributed by atoms with E-state index in [0.717, 1.165) is 36.0 Å². The molecule has 29 heavy (non-hydrogen) atoms. The number of rotatable bonds is 4. The van der Waals surface area contributed by atoms with Crippen LogP contribution in [0.5, 0.6) is 11.5 Å². The van der Waals surface area contributed by atoms with Crippen molar-refractivity contribution in [3.05, 3.63) is 83.4 Å². The standard InChI is InChI=1S/C24H25N3O.Zr/c1-17-15-18(2)23(19(3)16-17)27-14-13-26(24(27)25)21-11-7-8-12-22(21)28-20-9-5-4-6-10-20;/h4-12,15-16,25H,13-14H2,1-3H3;. The van der Waals surface area contributed by atoms with Gasteiger partial charge in [0.25, 0.3) is 0 Å². The molecule has 4 nitrogen and oxygen atoms in total. The zero-order valence-corrected chi connectivity index (χ0v) is 19.5. The van der Waals surface area contributed by atoms with E-state index in [9.17, 15) is 0 Å². The van der Waals surface area contributed by atoms with Crippen molar-refractivity contribution < 1.29 is 30.9 Å². The van der Waals surface area contributed by atoms with Gasteiger partial charge in [-0.15, -0.1) is 0 Å². The molecule has 3 aromatic carbocycles. The van der Waals surface area contributed by atoms with Crippen molar-refractivity contribution in [2.75, 3.05) is 22.9 Å². The molecule has 1 N–H and O–H groups in total. The number of guanidine groups is 1. The molecule has 0 spiro atoms. The Morgan fingerprint density at radius 1 is 0.793 bits per heavy atom. The van der Waals surface area contributed by atoms with Crippen LogP contribution in [0.1, 0.15) is 16.7 Å². The minimum Gasteiger partial charge on any atom is -0.455 e. The summed E-state index contributed by atoms with van der Waals surface area (Å²) >= 11 is 0. The number of hydrogen-bond acceptors (Lipinski definition) is 2. The summed E-state index contributed by atoms with van der Waals surface area (Å²) in [5, 5.41) is 8.86. The molecule has 0 bridgehead atoms. The molecule has 3 aromatic rings. The number of aryl methyl sites for hydroxylation is 3. The van der Waals surface area contributed by atoms with Crippen molar-refractivity contribution in [3.63, 3.8) is 0 Å². The minimum absolute atomic E-state index is 0. The molecule has 0 aliphatic carbocycles. The number of anilines is 2. The third kappa shape index (κ3) is 4.30. The normalized spacial score (nSPS) is 13.4. The van der Waals surface area contributed by atoms with Gasteiger partial charge in [0.05, 0.1) is 5.69 Å². The Morgan fingerprint density at radius 2 is 1.38 bits per heavy atom. The Bertz CT molecular complexity index is 997. The summed E-state index contributed by atoms with van der Waals surface area (Å²) in [4.78, 5) is 4.13. The molecule has 1 aliphatic heterocycles. The molecular formula is C24H25N3OZr. The van der Waals surface area contributed by atoms with E-state index in [4.69, 9.17) is 10.1 Å². The second kappa shape index (κ2) is 8.96. The van der Waals surface area contributed by atoms with E-state index in [1.165, 1.54) is 16.7 Å². The van der Waals surface area contributed by atoms with E-state index < -0.39 is 0 Å². The van der Waals surface area contributed by atoms with Crippen LogP contribution in [0.4, 0.5) is 11.4 Å². The quantitative estimate of drug-likeness (QED) is 0.543. The number of ether oxygens (including phenoxy) is 1. The molecule has 0 aromatic heterocycles. The first-order valence-electron chi connectivity index (χ1n) is 9.58. The monoisotopic (exact) mass is 461 g/mol. The summed E-state index contributed by atoms with van der Waals surface area (Å²) in [6.45, 7) is 7.89. The molecule has 0 saturated carbocycles. The number of para-hydroxylation sites is 3. The van der Waals surface area contributed by atoms with Crippen LogP contribution in [0.2, 0.25) is 0 Å². The number of benzene rings is 3. The van der Waals surface area contributed by atoms with E-state index in [1.54, 1.807) is 0 Å². The minimum atomic E-state index is 0. The topological polar surface area (TPSA) is 39.6 Å². The van der Waals surface area contributed by atoms with Crippen LogP contribution >= 0.6 is 0 Å². The molecule has 0 radical (unpaired) electrons. The molecule has 0 unspecified atom stereocenters. The summed E-state index contributed by atoms with van der Waals surface area (Å²) in [7, 11) is 0. The SMILES string of the molecule is Cc1cc(C)c(N2CCN(c3ccccc3Oc3ccccc3)C2=N)c(C)c1.[Zr]. The third-order valence-corrected chi connectivity index (χ3v) is 5.09. The van der Waals surface area contributed by atoms with Gasteiger partial charge in [0.1, 0.15) is 5.75 Å². The molecule has 4 rings (SSSR count). The van der Waals surface area contributed by atoms with E-state index >= 15 is 0 Å². The fourth-order valence-corrected chi connectivity index (χ4v) is 3.99. The van der Waals surface area contributed by atoms with Crippen molar-refractivity contribution in [2.45, 2.75) is 20.8 Å². The van der Waals surface area contributed by atoms with E-state index in [2.05, 4.69) is 37.8 Å². The first-order valence-corrected chi connectivity index (χ1v) is 9.58. The number of nitrogens with one attached hydrogen (secondary N) is 1. The van der Waals surface area contributed by atoms with Crippen LogP contribution in [-0.4, -0.2) is 19.0 Å². The molecule has 5 heteroatoms. The second-order valence-electron chi connectivity index (χ2n) is 7.26. The van der Waals surface area contributed by atoms with E-state index in [0.29, 0.717) is 5.96 Å². The van der Waals surface area contributed by atoms with Gasteiger partial charge in [-0.05, 0) is 56.2 Å². The van der Waals surface area contributed by atoms with Gasteiger partial charge < -0.3 is 14.5 Å². The number of nitrogens with zero attached hydrogens (tertiary/aromatic N) is 2. The van der Waals surface area contributed by atoms with Crippen molar-refractivity contribution in [3.8, 4) is 11.5 Å². The molecule has 0 amide bonds. The molecule has 1 saturated heterocycles. The maximum absolute atomic E-state index is 8.86. The Labute approximate surface area is 191 Å². The van der Waals surface area contributed by atoms with Gasteiger partial charge in [0, 0.05) is 45.0 Å². The van der Waals surface area contributed by atoms with Gasteiger partial charge in [0.2, 0.25) is 5.96 Å². The van der Waals surface area contributed by atoms with Crippen molar-refractivity contribution in [1.29, 1.82) is 5.41 Å². The summed E-state index contributed by atoms with van der Waals surface area (Å²) in [6.07, 6.45) is 0. The third-order valence-electron chi connectivity index (χ3n) is 5.09. The number of hydrogen-bond donors (Lipinski definition) is 1. The van der Waals surface area contributed by atoms with Crippen LogP contribution in [0.15, 0.2) is 66.7 Å². The molecule has 1 heterocycles. The summed E-state index contributed by atoms with van der Waals surface area (Å²) < 4.78 is 6.12. The Balaban J connectivity index is 0.00000240. The fourth-order valence-electron chi connectivity index (χ4n) is 3.99. The molecular weight excluding hydrogens is 438 g/mol. The van der Waals surface area contributed by atoms with Gasteiger partial charge in [-0.3, -0.25) is 5.41 Å². The Hall–Kier alpha value is -2.39. The van der Waals surface area contributed by atoms with Crippen LogP contribution in [0.3, 0.4) is 0 Å². The average Bonchev–Trinajstić information content (AvgIpc) is 3.03. The zero-order chi connectivity index (χ0) is 19.7. The maximum atomic E-state index is 8.86. The fraction of sp³-hybridized carbons (Fsp3) is 0.208. The van der Waals surface area contributed by atoms with Crippen molar-refractivity contribution in [1.82, 2.24) is 0 Å². The van der Waals surface area contributed by atoms with Gasteiger partial charge in [0.15, 0.2) is 5.75 Å². The first-order chi connectivity index (χ1) is 13.5. The van der Waals surface area contributed by atoms with Gasteiger partial charge in [-0.25, -0.2) is 0 Å². The maximum Gasteiger partial charge on any atom is 0.203 e. The smallest absolute Gasteiger partial charge is 0.203 e. The molecule has 146 valence electrons. The molecule has 1 aliphatic rings.